The summed E-state index contributed by atoms with van der Waals surface area (Å²) in [4.78, 5) is 16.3. The summed E-state index contributed by atoms with van der Waals surface area (Å²) in [5.74, 6) is -0.820. The minimum atomic E-state index is -3.29. The molecule has 8 heteroatoms. The Kier molecular flexibility index (Phi) is 5.27. The first-order valence-corrected chi connectivity index (χ1v) is 8.39. The maximum atomic E-state index is 12.3. The van der Waals surface area contributed by atoms with E-state index in [2.05, 4.69) is 4.98 Å². The predicted octanol–water partition coefficient (Wildman–Crippen LogP) is -0.344. The molecule has 21 heavy (non-hydrogen) atoms. The Morgan fingerprint density at radius 3 is 2.38 bits per heavy atom. The van der Waals surface area contributed by atoms with E-state index in [1.165, 1.54) is 4.31 Å². The summed E-state index contributed by atoms with van der Waals surface area (Å²) in [7, 11) is -3.29. The molecule has 0 bridgehead atoms. The van der Waals surface area contributed by atoms with E-state index in [9.17, 15) is 13.2 Å². The van der Waals surface area contributed by atoms with E-state index < -0.39 is 16.0 Å². The van der Waals surface area contributed by atoms with E-state index in [1.807, 2.05) is 0 Å². The summed E-state index contributed by atoms with van der Waals surface area (Å²) in [6.07, 6.45) is 3.75. The minimum absolute atomic E-state index is 0.0368. The van der Waals surface area contributed by atoms with Gasteiger partial charge in [0.15, 0.2) is 0 Å². The summed E-state index contributed by atoms with van der Waals surface area (Å²) >= 11 is 0. The van der Waals surface area contributed by atoms with Gasteiger partial charge in [-0.05, 0) is 24.1 Å². The zero-order valence-electron chi connectivity index (χ0n) is 11.7. The predicted molar refractivity (Wildman–Crippen MR) is 77.4 cm³/mol. The number of nitrogens with zero attached hydrogens (tertiary/aromatic N) is 3. The average Bonchev–Trinajstić information content (AvgIpc) is 2.46. The summed E-state index contributed by atoms with van der Waals surface area (Å²) in [6.45, 7) is 1.59. The molecule has 0 unspecified atom stereocenters. The maximum Gasteiger partial charge on any atom is 0.317 e. The molecule has 1 aliphatic rings. The molecule has 0 spiro atoms. The van der Waals surface area contributed by atoms with Crippen molar-refractivity contribution in [2.24, 2.45) is 0 Å². The lowest BCUT2D eigenvalue weighted by molar-refractivity contribution is -0.138. The summed E-state index contributed by atoms with van der Waals surface area (Å²) in [5.41, 5.74) is 0.943. The Morgan fingerprint density at radius 2 is 1.81 bits per heavy atom. The third-order valence-electron chi connectivity index (χ3n) is 3.48. The molecule has 116 valence electrons. The number of piperazine rings is 1. The van der Waals surface area contributed by atoms with E-state index in [4.69, 9.17) is 5.11 Å². The second-order valence-electron chi connectivity index (χ2n) is 4.99. The van der Waals surface area contributed by atoms with Crippen LogP contribution in [0.15, 0.2) is 24.5 Å². The SMILES string of the molecule is O=C(O)CN1CCN(S(=O)(=O)CCc2ccncc2)CC1. The first-order chi connectivity index (χ1) is 9.97. The molecule has 0 atom stereocenters. The minimum Gasteiger partial charge on any atom is -0.480 e. The number of rotatable bonds is 6. The fourth-order valence-electron chi connectivity index (χ4n) is 2.28. The van der Waals surface area contributed by atoms with Crippen LogP contribution < -0.4 is 0 Å². The number of sulfonamides is 1. The largest absolute Gasteiger partial charge is 0.480 e. The van der Waals surface area contributed by atoms with Gasteiger partial charge in [-0.25, -0.2) is 8.42 Å². The van der Waals surface area contributed by atoms with Crippen molar-refractivity contribution in [2.75, 3.05) is 38.5 Å². The Morgan fingerprint density at radius 1 is 1.19 bits per heavy atom. The van der Waals surface area contributed by atoms with Crippen molar-refractivity contribution in [3.8, 4) is 0 Å². The fourth-order valence-corrected chi connectivity index (χ4v) is 3.75. The molecule has 0 amide bonds. The lowest BCUT2D eigenvalue weighted by Gasteiger charge is -2.33. The van der Waals surface area contributed by atoms with E-state index in [0.717, 1.165) is 5.56 Å². The standard InChI is InChI=1S/C13H19N3O4S/c17-13(18)11-15-6-8-16(9-7-15)21(19,20)10-3-12-1-4-14-5-2-12/h1-2,4-5H,3,6-11H2,(H,17,18). The molecule has 1 fully saturated rings. The molecule has 2 heterocycles. The number of aromatic nitrogens is 1. The van der Waals surface area contributed by atoms with Crippen LogP contribution in [0.4, 0.5) is 0 Å². The van der Waals surface area contributed by atoms with Crippen molar-refractivity contribution in [3.05, 3.63) is 30.1 Å². The van der Waals surface area contributed by atoms with Crippen LogP contribution in [0.2, 0.25) is 0 Å². The molecular formula is C13H19N3O4S. The van der Waals surface area contributed by atoms with E-state index in [-0.39, 0.29) is 12.3 Å². The van der Waals surface area contributed by atoms with Crippen molar-refractivity contribution in [1.82, 2.24) is 14.2 Å². The highest BCUT2D eigenvalue weighted by Crippen LogP contribution is 2.10. The van der Waals surface area contributed by atoms with Crippen LogP contribution in [0.25, 0.3) is 0 Å². The van der Waals surface area contributed by atoms with Gasteiger partial charge in [0, 0.05) is 38.6 Å². The lowest BCUT2D eigenvalue weighted by atomic mass is 10.2. The number of carbonyl (C=O) groups is 1. The maximum absolute atomic E-state index is 12.3. The van der Waals surface area contributed by atoms with Gasteiger partial charge in [-0.2, -0.15) is 4.31 Å². The van der Waals surface area contributed by atoms with Crippen LogP contribution in [-0.4, -0.2) is 72.2 Å². The van der Waals surface area contributed by atoms with Gasteiger partial charge >= 0.3 is 5.97 Å². The molecule has 2 rings (SSSR count). The van der Waals surface area contributed by atoms with Crippen LogP contribution in [-0.2, 0) is 21.2 Å². The van der Waals surface area contributed by atoms with Gasteiger partial charge in [0.1, 0.15) is 0 Å². The number of aryl methyl sites for hydroxylation is 1. The second kappa shape index (κ2) is 6.97. The molecule has 1 aromatic heterocycles. The van der Waals surface area contributed by atoms with E-state index in [1.54, 1.807) is 29.4 Å². The zero-order valence-corrected chi connectivity index (χ0v) is 12.5. The van der Waals surface area contributed by atoms with Crippen LogP contribution in [0.3, 0.4) is 0 Å². The smallest absolute Gasteiger partial charge is 0.317 e. The molecule has 0 aliphatic carbocycles. The molecule has 0 aromatic carbocycles. The number of hydrogen-bond acceptors (Lipinski definition) is 5. The highest BCUT2D eigenvalue weighted by Gasteiger charge is 2.27. The van der Waals surface area contributed by atoms with Crippen molar-refractivity contribution in [3.63, 3.8) is 0 Å². The van der Waals surface area contributed by atoms with Gasteiger partial charge < -0.3 is 5.11 Å². The van der Waals surface area contributed by atoms with Gasteiger partial charge in [-0.3, -0.25) is 14.7 Å². The van der Waals surface area contributed by atoms with Gasteiger partial charge in [0.25, 0.3) is 0 Å². The average molecular weight is 313 g/mol. The number of aliphatic carboxylic acids is 1. The molecule has 1 aromatic rings. The van der Waals surface area contributed by atoms with Crippen molar-refractivity contribution < 1.29 is 18.3 Å². The summed E-state index contributed by atoms with van der Waals surface area (Å²) < 4.78 is 26.0. The first kappa shape index (κ1) is 15.9. The normalized spacial score (nSPS) is 17.7. The molecule has 1 aliphatic heterocycles. The van der Waals surface area contributed by atoms with Gasteiger partial charge in [0.05, 0.1) is 12.3 Å². The number of pyridine rings is 1. The molecular weight excluding hydrogens is 294 g/mol. The Labute approximate surface area is 124 Å². The van der Waals surface area contributed by atoms with E-state index in [0.29, 0.717) is 32.6 Å². The number of carboxylic acids is 1. The van der Waals surface area contributed by atoms with Crippen LogP contribution >= 0.6 is 0 Å². The summed E-state index contributed by atoms with van der Waals surface area (Å²) in [6, 6.07) is 3.61. The highest BCUT2D eigenvalue weighted by molar-refractivity contribution is 7.89. The number of carboxylic acid groups (broad SMARTS) is 1. The third-order valence-corrected chi connectivity index (χ3v) is 5.35. The van der Waals surface area contributed by atoms with Crippen molar-refractivity contribution in [2.45, 2.75) is 6.42 Å². The summed E-state index contributed by atoms with van der Waals surface area (Å²) in [5, 5.41) is 8.72. The Balaban J connectivity index is 1.85. The molecule has 7 nitrogen and oxygen atoms in total. The fraction of sp³-hybridized carbons (Fsp3) is 0.538. The van der Waals surface area contributed by atoms with Crippen molar-refractivity contribution in [1.29, 1.82) is 0 Å². The molecule has 0 radical (unpaired) electrons. The zero-order chi connectivity index (χ0) is 15.3. The van der Waals surface area contributed by atoms with Crippen LogP contribution in [0.1, 0.15) is 5.56 Å². The molecule has 0 saturated carbocycles. The quantitative estimate of drug-likeness (QED) is 0.772. The Hall–Kier alpha value is -1.51. The van der Waals surface area contributed by atoms with Crippen LogP contribution in [0, 0.1) is 0 Å². The van der Waals surface area contributed by atoms with Gasteiger partial charge in [-0.1, -0.05) is 0 Å². The highest BCUT2D eigenvalue weighted by atomic mass is 32.2. The molecule has 1 saturated heterocycles. The van der Waals surface area contributed by atoms with Crippen molar-refractivity contribution >= 4 is 16.0 Å². The monoisotopic (exact) mass is 313 g/mol. The van der Waals surface area contributed by atoms with Gasteiger partial charge in [0.2, 0.25) is 10.0 Å². The first-order valence-electron chi connectivity index (χ1n) is 6.78. The third kappa shape index (κ3) is 4.76. The number of hydrogen-bond donors (Lipinski definition) is 1. The lowest BCUT2D eigenvalue weighted by Crippen LogP contribution is -2.50. The van der Waals surface area contributed by atoms with Gasteiger partial charge in [-0.15, -0.1) is 0 Å². The van der Waals surface area contributed by atoms with Crippen LogP contribution in [0.5, 0.6) is 0 Å². The molecule has 1 N–H and O–H groups in total. The topological polar surface area (TPSA) is 90.8 Å². The Bertz CT molecular complexity index is 568. The second-order valence-corrected chi connectivity index (χ2v) is 7.08. The van der Waals surface area contributed by atoms with E-state index >= 15 is 0 Å².